The molecule has 1 aromatic carbocycles. The predicted octanol–water partition coefficient (Wildman–Crippen LogP) is 3.24. The molecule has 0 saturated carbocycles. The summed E-state index contributed by atoms with van der Waals surface area (Å²) >= 11 is 0. The van der Waals surface area contributed by atoms with Crippen molar-refractivity contribution in [3.05, 3.63) is 41.1 Å². The number of benzene rings is 1. The van der Waals surface area contributed by atoms with Crippen LogP contribution >= 0.6 is 0 Å². The first-order chi connectivity index (χ1) is 10.1. The molecule has 1 aromatic heterocycles. The third kappa shape index (κ3) is 2.90. The normalized spacial score (nSPS) is 16.1. The highest BCUT2D eigenvalue weighted by molar-refractivity contribution is 5.68. The number of ether oxygens (including phenoxy) is 1. The van der Waals surface area contributed by atoms with Crippen LogP contribution in [0.2, 0.25) is 0 Å². The molecule has 0 amide bonds. The van der Waals surface area contributed by atoms with Crippen LogP contribution in [0.3, 0.4) is 0 Å². The summed E-state index contributed by atoms with van der Waals surface area (Å²) < 4.78 is 5.46. The maximum atomic E-state index is 5.91. The van der Waals surface area contributed by atoms with Gasteiger partial charge in [0.05, 0.1) is 11.4 Å². The Morgan fingerprint density at radius 3 is 2.62 bits per heavy atom. The van der Waals surface area contributed by atoms with E-state index in [0.717, 1.165) is 48.7 Å². The molecule has 1 saturated heterocycles. The van der Waals surface area contributed by atoms with E-state index in [1.807, 2.05) is 25.1 Å². The van der Waals surface area contributed by atoms with E-state index in [1.54, 1.807) is 0 Å². The van der Waals surface area contributed by atoms with Gasteiger partial charge in [-0.05, 0) is 61.9 Å². The second-order valence-corrected chi connectivity index (χ2v) is 5.73. The highest BCUT2D eigenvalue weighted by atomic mass is 16.5. The van der Waals surface area contributed by atoms with Gasteiger partial charge in [-0.3, -0.25) is 0 Å². The Morgan fingerprint density at radius 2 is 1.86 bits per heavy atom. The minimum atomic E-state index is 0.523. The van der Waals surface area contributed by atoms with Crippen LogP contribution in [0.15, 0.2) is 24.3 Å². The molecule has 4 heteroatoms. The van der Waals surface area contributed by atoms with E-state index in [1.165, 1.54) is 11.1 Å². The number of aromatic nitrogens is 2. The number of nitrogen functional groups attached to an aromatic ring is 1. The molecule has 21 heavy (non-hydrogen) atoms. The molecule has 4 nitrogen and oxygen atoms in total. The van der Waals surface area contributed by atoms with E-state index >= 15 is 0 Å². The highest BCUT2D eigenvalue weighted by Crippen LogP contribution is 2.31. The Balaban J connectivity index is 2.02. The quantitative estimate of drug-likeness (QED) is 0.860. The molecule has 2 aromatic rings. The Labute approximate surface area is 125 Å². The van der Waals surface area contributed by atoms with Gasteiger partial charge in [0.1, 0.15) is 0 Å². The van der Waals surface area contributed by atoms with Crippen LogP contribution in [0.4, 0.5) is 5.69 Å². The molecule has 1 fully saturated rings. The van der Waals surface area contributed by atoms with Gasteiger partial charge in [0.15, 0.2) is 0 Å². The Bertz CT molecular complexity index is 648. The second-order valence-electron chi connectivity index (χ2n) is 5.73. The van der Waals surface area contributed by atoms with Gasteiger partial charge in [-0.15, -0.1) is 0 Å². The van der Waals surface area contributed by atoms with E-state index in [4.69, 9.17) is 10.5 Å². The summed E-state index contributed by atoms with van der Waals surface area (Å²) in [4.78, 5) is 0. The summed E-state index contributed by atoms with van der Waals surface area (Å²) in [5.74, 6) is 0.523. The Morgan fingerprint density at radius 1 is 1.10 bits per heavy atom. The van der Waals surface area contributed by atoms with Crippen LogP contribution in [0, 0.1) is 13.8 Å². The Kier molecular flexibility index (Phi) is 3.88. The van der Waals surface area contributed by atoms with Crippen molar-refractivity contribution in [1.29, 1.82) is 0 Å². The van der Waals surface area contributed by atoms with Gasteiger partial charge in [0.25, 0.3) is 0 Å². The molecule has 0 radical (unpaired) electrons. The van der Waals surface area contributed by atoms with Crippen molar-refractivity contribution < 1.29 is 4.74 Å². The van der Waals surface area contributed by atoms with Gasteiger partial charge in [-0.1, -0.05) is 6.07 Å². The standard InChI is InChI=1S/C17H21N3O/c1-11-3-4-14(18)9-15(11)17-10-16(12(2)19-20-17)13-5-7-21-8-6-13/h3-4,9-10,13H,5-8,18H2,1-2H3. The van der Waals surface area contributed by atoms with Gasteiger partial charge in [-0.2, -0.15) is 10.2 Å². The smallest absolute Gasteiger partial charge is 0.0936 e. The molecule has 3 rings (SSSR count). The molecule has 0 aliphatic carbocycles. The van der Waals surface area contributed by atoms with Crippen LogP contribution in [-0.4, -0.2) is 23.4 Å². The number of rotatable bonds is 2. The maximum Gasteiger partial charge on any atom is 0.0936 e. The first-order valence-corrected chi connectivity index (χ1v) is 7.43. The van der Waals surface area contributed by atoms with Crippen molar-refractivity contribution in [2.24, 2.45) is 0 Å². The molecule has 2 N–H and O–H groups in total. The van der Waals surface area contributed by atoms with Gasteiger partial charge < -0.3 is 10.5 Å². The van der Waals surface area contributed by atoms with Gasteiger partial charge in [0.2, 0.25) is 0 Å². The third-order valence-corrected chi connectivity index (χ3v) is 4.22. The monoisotopic (exact) mass is 283 g/mol. The van der Waals surface area contributed by atoms with Crippen molar-refractivity contribution in [1.82, 2.24) is 10.2 Å². The fourth-order valence-electron chi connectivity index (χ4n) is 2.94. The van der Waals surface area contributed by atoms with Gasteiger partial charge >= 0.3 is 0 Å². The summed E-state index contributed by atoms with van der Waals surface area (Å²) in [6, 6.07) is 8.10. The van der Waals surface area contributed by atoms with Gasteiger partial charge in [-0.25, -0.2) is 0 Å². The van der Waals surface area contributed by atoms with E-state index in [9.17, 15) is 0 Å². The first-order valence-electron chi connectivity index (χ1n) is 7.43. The van der Waals surface area contributed by atoms with Crippen molar-refractivity contribution in [3.63, 3.8) is 0 Å². The number of hydrogen-bond acceptors (Lipinski definition) is 4. The highest BCUT2D eigenvalue weighted by Gasteiger charge is 2.20. The molecule has 0 bridgehead atoms. The lowest BCUT2D eigenvalue weighted by atomic mass is 9.90. The fraction of sp³-hybridized carbons (Fsp3) is 0.412. The minimum Gasteiger partial charge on any atom is -0.399 e. The molecule has 1 aliphatic rings. The van der Waals surface area contributed by atoms with Gasteiger partial charge in [0, 0.05) is 24.5 Å². The topological polar surface area (TPSA) is 61.0 Å². The molecule has 1 aliphatic heterocycles. The number of hydrogen-bond donors (Lipinski definition) is 1. The number of aryl methyl sites for hydroxylation is 2. The van der Waals surface area contributed by atoms with Crippen molar-refractivity contribution >= 4 is 5.69 Å². The summed E-state index contributed by atoms with van der Waals surface area (Å²) in [6.07, 6.45) is 2.11. The number of nitrogens with two attached hydrogens (primary N) is 1. The fourth-order valence-corrected chi connectivity index (χ4v) is 2.94. The zero-order chi connectivity index (χ0) is 14.8. The van der Waals surface area contributed by atoms with Crippen LogP contribution in [-0.2, 0) is 4.74 Å². The van der Waals surface area contributed by atoms with Crippen LogP contribution in [0.1, 0.15) is 35.6 Å². The largest absolute Gasteiger partial charge is 0.399 e. The molecule has 2 heterocycles. The average Bonchev–Trinajstić information content (AvgIpc) is 2.51. The molecular weight excluding hydrogens is 262 g/mol. The first kappa shape index (κ1) is 14.0. The van der Waals surface area contributed by atoms with Crippen molar-refractivity contribution in [2.75, 3.05) is 18.9 Å². The summed E-state index contributed by atoms with van der Waals surface area (Å²) in [6.45, 7) is 5.77. The number of nitrogens with zero attached hydrogens (tertiary/aromatic N) is 2. The zero-order valence-electron chi connectivity index (χ0n) is 12.6. The lowest BCUT2D eigenvalue weighted by Crippen LogP contribution is -2.16. The predicted molar refractivity (Wildman–Crippen MR) is 84.1 cm³/mol. The third-order valence-electron chi connectivity index (χ3n) is 4.22. The van der Waals surface area contributed by atoms with E-state index in [2.05, 4.69) is 23.2 Å². The van der Waals surface area contributed by atoms with E-state index in [0.29, 0.717) is 5.92 Å². The summed E-state index contributed by atoms with van der Waals surface area (Å²) in [5.41, 5.74) is 12.1. The van der Waals surface area contributed by atoms with E-state index < -0.39 is 0 Å². The molecule has 0 atom stereocenters. The van der Waals surface area contributed by atoms with Crippen LogP contribution in [0.5, 0.6) is 0 Å². The zero-order valence-corrected chi connectivity index (χ0v) is 12.6. The lowest BCUT2D eigenvalue weighted by molar-refractivity contribution is 0.0851. The lowest BCUT2D eigenvalue weighted by Gasteiger charge is -2.23. The van der Waals surface area contributed by atoms with Crippen LogP contribution < -0.4 is 5.73 Å². The second kappa shape index (κ2) is 5.82. The maximum absolute atomic E-state index is 5.91. The van der Waals surface area contributed by atoms with E-state index in [-0.39, 0.29) is 0 Å². The van der Waals surface area contributed by atoms with Crippen molar-refractivity contribution in [3.8, 4) is 11.3 Å². The Hall–Kier alpha value is -1.94. The molecular formula is C17H21N3O. The molecule has 110 valence electrons. The SMILES string of the molecule is Cc1ccc(N)cc1-c1cc(C2CCOCC2)c(C)nn1. The van der Waals surface area contributed by atoms with Crippen molar-refractivity contribution in [2.45, 2.75) is 32.6 Å². The minimum absolute atomic E-state index is 0.523. The van der Waals surface area contributed by atoms with Crippen LogP contribution in [0.25, 0.3) is 11.3 Å². The summed E-state index contributed by atoms with van der Waals surface area (Å²) in [5, 5.41) is 8.74. The summed E-state index contributed by atoms with van der Waals surface area (Å²) in [7, 11) is 0. The molecule has 0 spiro atoms. The average molecular weight is 283 g/mol. The molecule has 0 unspecified atom stereocenters. The number of anilines is 1.